The first-order valence-electron chi connectivity index (χ1n) is 10.0. The van der Waals surface area contributed by atoms with E-state index in [2.05, 4.69) is 10.6 Å². The number of nitrogens with zero attached hydrogens (tertiary/aromatic N) is 1. The molecule has 2 saturated heterocycles. The fraction of sp³-hybridized carbons (Fsp3) is 0.364. The molecule has 2 fully saturated rings. The average Bonchev–Trinajstić information content (AvgIpc) is 2.97. The Morgan fingerprint density at radius 1 is 1.00 bits per heavy atom. The monoisotopic (exact) mass is 447 g/mol. The van der Waals surface area contributed by atoms with Crippen molar-refractivity contribution in [3.8, 4) is 0 Å². The van der Waals surface area contributed by atoms with E-state index in [4.69, 9.17) is 23.2 Å². The van der Waals surface area contributed by atoms with Crippen LogP contribution in [-0.2, 0) is 11.2 Å². The summed E-state index contributed by atoms with van der Waals surface area (Å²) >= 11 is 12.5. The SMILES string of the molecule is O=C(Cc1ccccc1Nc1c(Cl)cccc1Cl)NC1CC2CCC(C1)N2C(=O)O. The van der Waals surface area contributed by atoms with Crippen LogP contribution >= 0.6 is 23.2 Å². The van der Waals surface area contributed by atoms with Gasteiger partial charge in [0.25, 0.3) is 0 Å². The maximum atomic E-state index is 12.7. The Labute approximate surface area is 185 Å². The highest BCUT2D eigenvalue weighted by molar-refractivity contribution is 6.39. The van der Waals surface area contributed by atoms with Crippen molar-refractivity contribution in [2.24, 2.45) is 0 Å². The summed E-state index contributed by atoms with van der Waals surface area (Å²) in [5, 5.41) is 16.7. The zero-order valence-corrected chi connectivity index (χ0v) is 17.8. The van der Waals surface area contributed by atoms with E-state index >= 15 is 0 Å². The zero-order chi connectivity index (χ0) is 21.3. The Bertz CT molecular complexity index is 934. The average molecular weight is 448 g/mol. The van der Waals surface area contributed by atoms with E-state index in [1.165, 1.54) is 0 Å². The van der Waals surface area contributed by atoms with Crippen molar-refractivity contribution in [1.82, 2.24) is 10.2 Å². The molecule has 2 atom stereocenters. The molecule has 2 heterocycles. The van der Waals surface area contributed by atoms with Crippen LogP contribution in [-0.4, -0.2) is 40.1 Å². The molecular formula is C22H23Cl2N3O3. The van der Waals surface area contributed by atoms with E-state index in [1.54, 1.807) is 23.1 Å². The van der Waals surface area contributed by atoms with E-state index in [0.29, 0.717) is 28.6 Å². The number of halogens is 2. The number of anilines is 2. The van der Waals surface area contributed by atoms with Crippen LogP contribution in [0.2, 0.25) is 10.0 Å². The van der Waals surface area contributed by atoms with Gasteiger partial charge in [0.05, 0.1) is 22.2 Å². The summed E-state index contributed by atoms with van der Waals surface area (Å²) in [6.45, 7) is 0. The van der Waals surface area contributed by atoms with Gasteiger partial charge in [0.2, 0.25) is 5.91 Å². The lowest BCUT2D eigenvalue weighted by Gasteiger charge is -2.37. The van der Waals surface area contributed by atoms with Gasteiger partial charge in [-0.15, -0.1) is 0 Å². The van der Waals surface area contributed by atoms with Crippen LogP contribution in [0.5, 0.6) is 0 Å². The number of piperidine rings is 1. The predicted octanol–water partition coefficient (Wildman–Crippen LogP) is 5.07. The Balaban J connectivity index is 1.42. The second-order valence-electron chi connectivity index (χ2n) is 7.87. The molecule has 0 radical (unpaired) electrons. The lowest BCUT2D eigenvalue weighted by atomic mass is 9.97. The summed E-state index contributed by atoms with van der Waals surface area (Å²) in [4.78, 5) is 25.7. The molecule has 2 aromatic carbocycles. The predicted molar refractivity (Wildman–Crippen MR) is 118 cm³/mol. The van der Waals surface area contributed by atoms with Gasteiger partial charge in [-0.25, -0.2) is 4.79 Å². The highest BCUT2D eigenvalue weighted by atomic mass is 35.5. The number of amides is 2. The van der Waals surface area contributed by atoms with Gasteiger partial charge in [-0.3, -0.25) is 4.79 Å². The maximum Gasteiger partial charge on any atom is 0.407 e. The molecule has 3 N–H and O–H groups in total. The normalized spacial score (nSPS) is 22.6. The van der Waals surface area contributed by atoms with E-state index in [9.17, 15) is 14.7 Å². The molecule has 2 amide bonds. The van der Waals surface area contributed by atoms with Crippen molar-refractivity contribution < 1.29 is 14.7 Å². The van der Waals surface area contributed by atoms with Gasteiger partial charge >= 0.3 is 6.09 Å². The summed E-state index contributed by atoms with van der Waals surface area (Å²) in [5.41, 5.74) is 2.20. The van der Waals surface area contributed by atoms with Crippen molar-refractivity contribution in [2.45, 2.75) is 50.2 Å². The van der Waals surface area contributed by atoms with Gasteiger partial charge in [0, 0.05) is 23.8 Å². The van der Waals surface area contributed by atoms with Gasteiger partial charge in [-0.2, -0.15) is 0 Å². The number of carboxylic acid groups (broad SMARTS) is 1. The van der Waals surface area contributed by atoms with Crippen LogP contribution in [0.15, 0.2) is 42.5 Å². The molecule has 0 saturated carbocycles. The first-order valence-corrected chi connectivity index (χ1v) is 10.8. The number of carbonyl (C=O) groups is 2. The number of rotatable bonds is 5. The number of hydrogen-bond acceptors (Lipinski definition) is 3. The first-order chi connectivity index (χ1) is 14.4. The maximum absolute atomic E-state index is 12.7. The van der Waals surface area contributed by atoms with Gasteiger partial charge in [-0.05, 0) is 49.4 Å². The highest BCUT2D eigenvalue weighted by Crippen LogP contribution is 2.36. The van der Waals surface area contributed by atoms with Crippen molar-refractivity contribution >= 4 is 46.6 Å². The minimum atomic E-state index is -0.856. The molecule has 0 aromatic heterocycles. The van der Waals surface area contributed by atoms with Crippen LogP contribution in [0.3, 0.4) is 0 Å². The molecule has 30 heavy (non-hydrogen) atoms. The number of fused-ring (bicyclic) bond motifs is 2. The number of hydrogen-bond donors (Lipinski definition) is 3. The van der Waals surface area contributed by atoms with Crippen molar-refractivity contribution in [2.75, 3.05) is 5.32 Å². The Hall–Kier alpha value is -2.44. The lowest BCUT2D eigenvalue weighted by molar-refractivity contribution is -0.121. The fourth-order valence-electron chi connectivity index (χ4n) is 4.61. The summed E-state index contributed by atoms with van der Waals surface area (Å²) < 4.78 is 0. The minimum Gasteiger partial charge on any atom is -0.465 e. The highest BCUT2D eigenvalue weighted by Gasteiger charge is 2.43. The summed E-state index contributed by atoms with van der Waals surface area (Å²) in [6, 6.07) is 12.8. The van der Waals surface area contributed by atoms with E-state index in [1.807, 2.05) is 24.3 Å². The molecule has 2 bridgehead atoms. The van der Waals surface area contributed by atoms with Gasteiger partial charge < -0.3 is 20.6 Å². The second-order valence-corrected chi connectivity index (χ2v) is 8.68. The fourth-order valence-corrected chi connectivity index (χ4v) is 5.10. The summed E-state index contributed by atoms with van der Waals surface area (Å²) in [5.74, 6) is -0.0809. The summed E-state index contributed by atoms with van der Waals surface area (Å²) in [7, 11) is 0. The third kappa shape index (κ3) is 4.35. The number of nitrogens with one attached hydrogen (secondary N) is 2. The quantitative estimate of drug-likeness (QED) is 0.597. The Kier molecular flexibility index (Phi) is 6.06. The van der Waals surface area contributed by atoms with Gasteiger partial charge in [0.15, 0.2) is 0 Å². The molecule has 2 aliphatic rings. The van der Waals surface area contributed by atoms with Crippen LogP contribution in [0.25, 0.3) is 0 Å². The minimum absolute atomic E-state index is 0.00265. The third-order valence-electron chi connectivity index (χ3n) is 5.91. The van der Waals surface area contributed by atoms with Crippen LogP contribution in [0.1, 0.15) is 31.2 Å². The molecule has 2 unspecified atom stereocenters. The Morgan fingerprint density at radius 3 is 2.27 bits per heavy atom. The molecule has 8 heteroatoms. The van der Waals surface area contributed by atoms with E-state index < -0.39 is 6.09 Å². The largest absolute Gasteiger partial charge is 0.465 e. The van der Waals surface area contributed by atoms with E-state index in [-0.39, 0.29) is 30.5 Å². The molecule has 0 spiro atoms. The molecule has 0 aliphatic carbocycles. The van der Waals surface area contributed by atoms with Crippen LogP contribution in [0, 0.1) is 0 Å². The van der Waals surface area contributed by atoms with Crippen LogP contribution in [0.4, 0.5) is 16.2 Å². The first kappa shape index (κ1) is 20.8. The summed E-state index contributed by atoms with van der Waals surface area (Å²) in [6.07, 6.45) is 2.43. The molecule has 2 aliphatic heterocycles. The van der Waals surface area contributed by atoms with Crippen molar-refractivity contribution in [1.29, 1.82) is 0 Å². The number of para-hydroxylation sites is 2. The zero-order valence-electron chi connectivity index (χ0n) is 16.3. The second kappa shape index (κ2) is 8.74. The molecule has 4 rings (SSSR count). The lowest BCUT2D eigenvalue weighted by Crippen LogP contribution is -2.52. The smallest absolute Gasteiger partial charge is 0.407 e. The number of benzene rings is 2. The van der Waals surface area contributed by atoms with Gasteiger partial charge in [0.1, 0.15) is 0 Å². The third-order valence-corrected chi connectivity index (χ3v) is 6.54. The van der Waals surface area contributed by atoms with Crippen LogP contribution < -0.4 is 10.6 Å². The van der Waals surface area contributed by atoms with Crippen molar-refractivity contribution in [3.63, 3.8) is 0 Å². The topological polar surface area (TPSA) is 81.7 Å². The molecule has 2 aromatic rings. The molecular weight excluding hydrogens is 425 g/mol. The number of carbonyl (C=O) groups excluding carboxylic acids is 1. The van der Waals surface area contributed by atoms with Gasteiger partial charge in [-0.1, -0.05) is 47.5 Å². The standard InChI is InChI=1S/C22H23Cl2N3O3/c23-17-5-3-6-18(24)21(17)26-19-7-2-1-4-13(19)10-20(28)25-14-11-15-8-9-16(12-14)27(15)22(29)30/h1-7,14-16,26H,8-12H2,(H,25,28)(H,29,30). The molecule has 158 valence electrons. The van der Waals surface area contributed by atoms with E-state index in [0.717, 1.165) is 24.1 Å². The molecule has 6 nitrogen and oxygen atoms in total. The Morgan fingerprint density at radius 2 is 1.63 bits per heavy atom. The van der Waals surface area contributed by atoms with Crippen molar-refractivity contribution in [3.05, 3.63) is 58.1 Å².